The Morgan fingerprint density at radius 1 is 1.23 bits per heavy atom. The summed E-state index contributed by atoms with van der Waals surface area (Å²) in [5.74, 6) is 0.246. The fraction of sp³-hybridized carbons (Fsp3) is 0.778. The Bertz CT molecular complexity index is 226. The summed E-state index contributed by atoms with van der Waals surface area (Å²) in [7, 11) is 0. The van der Waals surface area contributed by atoms with Crippen LogP contribution >= 0.6 is 0 Å². The minimum atomic E-state index is -0.393. The minimum absolute atomic E-state index is 0.0687. The first-order valence-electron chi connectivity index (χ1n) is 4.61. The molecule has 1 heterocycles. The van der Waals surface area contributed by atoms with Crippen molar-refractivity contribution in [3.8, 4) is 0 Å². The van der Waals surface area contributed by atoms with Crippen molar-refractivity contribution in [1.29, 1.82) is 0 Å². The molecule has 74 valence electrons. The molecular weight excluding hydrogens is 168 g/mol. The second-order valence-electron chi connectivity index (χ2n) is 3.92. The van der Waals surface area contributed by atoms with Gasteiger partial charge >= 0.3 is 0 Å². The molecule has 0 aliphatic carbocycles. The lowest BCUT2D eigenvalue weighted by molar-refractivity contribution is -0.136. The SMILES string of the molecule is CC(C)C[C@@H]1NC(=O)[C@H](C)NC1=O. The Balaban J connectivity index is 2.56. The molecule has 1 rings (SSSR count). The fourth-order valence-electron chi connectivity index (χ4n) is 1.38. The van der Waals surface area contributed by atoms with Gasteiger partial charge in [-0.05, 0) is 19.3 Å². The third-order valence-corrected chi connectivity index (χ3v) is 2.09. The Labute approximate surface area is 78.1 Å². The largest absolute Gasteiger partial charge is 0.343 e. The maximum atomic E-state index is 11.4. The Morgan fingerprint density at radius 3 is 2.38 bits per heavy atom. The summed E-state index contributed by atoms with van der Waals surface area (Å²) in [6.45, 7) is 5.73. The van der Waals surface area contributed by atoms with E-state index in [1.54, 1.807) is 6.92 Å². The zero-order valence-electron chi connectivity index (χ0n) is 8.26. The van der Waals surface area contributed by atoms with Crippen LogP contribution in [0.3, 0.4) is 0 Å². The molecule has 1 aliphatic rings. The van der Waals surface area contributed by atoms with Gasteiger partial charge in [0.25, 0.3) is 0 Å². The normalized spacial score (nSPS) is 28.6. The van der Waals surface area contributed by atoms with Crippen LogP contribution in [0.5, 0.6) is 0 Å². The number of rotatable bonds is 2. The Kier molecular flexibility index (Phi) is 2.90. The molecule has 2 N–H and O–H groups in total. The van der Waals surface area contributed by atoms with Crippen LogP contribution in [0.25, 0.3) is 0 Å². The number of piperazine rings is 1. The third kappa shape index (κ3) is 2.44. The van der Waals surface area contributed by atoms with E-state index < -0.39 is 6.04 Å². The molecule has 0 aromatic carbocycles. The molecule has 0 unspecified atom stereocenters. The van der Waals surface area contributed by atoms with Crippen molar-refractivity contribution >= 4 is 11.8 Å². The second kappa shape index (κ2) is 3.77. The number of hydrogen-bond acceptors (Lipinski definition) is 2. The van der Waals surface area contributed by atoms with Gasteiger partial charge in [-0.25, -0.2) is 0 Å². The highest BCUT2D eigenvalue weighted by atomic mass is 16.2. The first-order chi connectivity index (χ1) is 6.00. The van der Waals surface area contributed by atoms with Crippen LogP contribution in [0.1, 0.15) is 27.2 Å². The summed E-state index contributed by atoms with van der Waals surface area (Å²) in [5, 5.41) is 5.33. The van der Waals surface area contributed by atoms with Crippen LogP contribution in [0.15, 0.2) is 0 Å². The van der Waals surface area contributed by atoms with Crippen molar-refractivity contribution in [1.82, 2.24) is 10.6 Å². The van der Waals surface area contributed by atoms with E-state index in [9.17, 15) is 9.59 Å². The summed E-state index contributed by atoms with van der Waals surface area (Å²) < 4.78 is 0. The number of carbonyl (C=O) groups is 2. The van der Waals surface area contributed by atoms with Gasteiger partial charge in [-0.15, -0.1) is 0 Å². The van der Waals surface area contributed by atoms with E-state index in [4.69, 9.17) is 0 Å². The lowest BCUT2D eigenvalue weighted by Crippen LogP contribution is -2.60. The highest BCUT2D eigenvalue weighted by Crippen LogP contribution is 2.08. The van der Waals surface area contributed by atoms with E-state index in [-0.39, 0.29) is 17.9 Å². The van der Waals surface area contributed by atoms with Crippen molar-refractivity contribution in [2.75, 3.05) is 0 Å². The van der Waals surface area contributed by atoms with Gasteiger partial charge in [0.2, 0.25) is 11.8 Å². The molecule has 0 bridgehead atoms. The van der Waals surface area contributed by atoms with Crippen molar-refractivity contribution in [2.45, 2.75) is 39.3 Å². The van der Waals surface area contributed by atoms with Gasteiger partial charge in [-0.3, -0.25) is 9.59 Å². The van der Waals surface area contributed by atoms with Crippen LogP contribution in [-0.4, -0.2) is 23.9 Å². The molecule has 1 fully saturated rings. The van der Waals surface area contributed by atoms with Crippen LogP contribution in [-0.2, 0) is 9.59 Å². The Morgan fingerprint density at radius 2 is 1.85 bits per heavy atom. The molecule has 4 heteroatoms. The summed E-state index contributed by atoms with van der Waals surface area (Å²) >= 11 is 0. The Hall–Kier alpha value is -1.06. The van der Waals surface area contributed by atoms with Gasteiger partial charge in [-0.1, -0.05) is 13.8 Å². The van der Waals surface area contributed by atoms with Crippen molar-refractivity contribution < 1.29 is 9.59 Å². The molecule has 4 nitrogen and oxygen atoms in total. The minimum Gasteiger partial charge on any atom is -0.343 e. The highest BCUT2D eigenvalue weighted by molar-refractivity contribution is 5.96. The summed E-state index contributed by atoms with van der Waals surface area (Å²) in [5.41, 5.74) is 0. The second-order valence-corrected chi connectivity index (χ2v) is 3.92. The molecule has 13 heavy (non-hydrogen) atoms. The maximum Gasteiger partial charge on any atom is 0.243 e. The molecule has 2 amide bonds. The molecular formula is C9H16N2O2. The molecule has 1 saturated heterocycles. The number of nitrogens with one attached hydrogen (secondary N) is 2. The van der Waals surface area contributed by atoms with E-state index in [0.717, 1.165) is 0 Å². The number of amides is 2. The molecule has 2 atom stereocenters. The monoisotopic (exact) mass is 184 g/mol. The van der Waals surface area contributed by atoms with Gasteiger partial charge in [0, 0.05) is 0 Å². The maximum absolute atomic E-state index is 11.4. The van der Waals surface area contributed by atoms with Crippen molar-refractivity contribution in [3.63, 3.8) is 0 Å². The van der Waals surface area contributed by atoms with Crippen LogP contribution in [0.2, 0.25) is 0 Å². The average Bonchev–Trinajstić information content (AvgIpc) is 1.99. The smallest absolute Gasteiger partial charge is 0.243 e. The summed E-state index contributed by atoms with van der Waals surface area (Å²) in [6.07, 6.45) is 0.699. The lowest BCUT2D eigenvalue weighted by Gasteiger charge is -2.28. The van der Waals surface area contributed by atoms with Crippen LogP contribution < -0.4 is 10.6 Å². The number of hydrogen-bond donors (Lipinski definition) is 2. The van der Waals surface area contributed by atoms with E-state index in [2.05, 4.69) is 10.6 Å². The lowest BCUT2D eigenvalue weighted by atomic mass is 10.0. The molecule has 0 aromatic heterocycles. The predicted octanol–water partition coefficient (Wildman–Crippen LogP) is 0.0356. The highest BCUT2D eigenvalue weighted by Gasteiger charge is 2.30. The molecule has 0 radical (unpaired) electrons. The van der Waals surface area contributed by atoms with Gasteiger partial charge in [0.05, 0.1) is 0 Å². The van der Waals surface area contributed by atoms with Crippen molar-refractivity contribution in [3.05, 3.63) is 0 Å². The van der Waals surface area contributed by atoms with Crippen molar-refractivity contribution in [2.24, 2.45) is 5.92 Å². The van der Waals surface area contributed by atoms with Gasteiger partial charge < -0.3 is 10.6 Å². The molecule has 0 spiro atoms. The van der Waals surface area contributed by atoms with Gasteiger partial charge in [-0.2, -0.15) is 0 Å². The molecule has 0 aromatic rings. The summed E-state index contributed by atoms with van der Waals surface area (Å²) in [4.78, 5) is 22.6. The standard InChI is InChI=1S/C9H16N2O2/c1-5(2)4-7-9(13)10-6(3)8(12)11-7/h5-7H,4H2,1-3H3,(H,10,13)(H,11,12)/t6-,7-/m0/s1. The third-order valence-electron chi connectivity index (χ3n) is 2.09. The zero-order valence-corrected chi connectivity index (χ0v) is 8.26. The van der Waals surface area contributed by atoms with Crippen LogP contribution in [0.4, 0.5) is 0 Å². The van der Waals surface area contributed by atoms with Gasteiger partial charge in [0.15, 0.2) is 0 Å². The van der Waals surface area contributed by atoms with Crippen LogP contribution in [0, 0.1) is 5.92 Å². The molecule has 1 aliphatic heterocycles. The fourth-order valence-corrected chi connectivity index (χ4v) is 1.38. The van der Waals surface area contributed by atoms with Gasteiger partial charge in [0.1, 0.15) is 12.1 Å². The number of carbonyl (C=O) groups excluding carboxylic acids is 2. The first-order valence-corrected chi connectivity index (χ1v) is 4.61. The first kappa shape index (κ1) is 10.0. The van der Waals surface area contributed by atoms with E-state index >= 15 is 0 Å². The predicted molar refractivity (Wildman–Crippen MR) is 49.0 cm³/mol. The zero-order chi connectivity index (χ0) is 10.0. The quantitative estimate of drug-likeness (QED) is 0.636. The molecule has 0 saturated carbocycles. The topological polar surface area (TPSA) is 58.2 Å². The average molecular weight is 184 g/mol. The van der Waals surface area contributed by atoms with E-state index in [0.29, 0.717) is 12.3 Å². The summed E-state index contributed by atoms with van der Waals surface area (Å²) in [6, 6.07) is -0.736. The van der Waals surface area contributed by atoms with E-state index in [1.807, 2.05) is 13.8 Å². The van der Waals surface area contributed by atoms with E-state index in [1.165, 1.54) is 0 Å².